The van der Waals surface area contributed by atoms with Gasteiger partial charge in [0.15, 0.2) is 0 Å². The second kappa shape index (κ2) is 7.19. The van der Waals surface area contributed by atoms with Gasteiger partial charge in [0.1, 0.15) is 5.82 Å². The maximum absolute atomic E-state index is 6.20. The molecule has 20 heavy (non-hydrogen) atoms. The summed E-state index contributed by atoms with van der Waals surface area (Å²) >= 11 is 12.0. The Balaban J connectivity index is 2.14. The molecule has 0 atom stereocenters. The van der Waals surface area contributed by atoms with Gasteiger partial charge in [-0.25, -0.2) is 4.98 Å². The van der Waals surface area contributed by atoms with Gasteiger partial charge in [0.05, 0.1) is 5.02 Å². The Labute approximate surface area is 129 Å². The van der Waals surface area contributed by atoms with Crippen LogP contribution in [0.15, 0.2) is 36.5 Å². The van der Waals surface area contributed by atoms with Crippen molar-refractivity contribution < 1.29 is 0 Å². The van der Waals surface area contributed by atoms with Crippen LogP contribution in [0.3, 0.4) is 0 Å². The molecule has 0 aliphatic carbocycles. The van der Waals surface area contributed by atoms with Crippen LogP contribution in [0.1, 0.15) is 25.3 Å². The molecule has 2 rings (SSSR count). The Morgan fingerprint density at radius 2 is 1.95 bits per heavy atom. The number of benzene rings is 1. The lowest BCUT2D eigenvalue weighted by Crippen LogP contribution is -1.94. The van der Waals surface area contributed by atoms with E-state index < -0.39 is 0 Å². The summed E-state index contributed by atoms with van der Waals surface area (Å²) in [4.78, 5) is 4.30. The van der Waals surface area contributed by atoms with Crippen LogP contribution in [-0.4, -0.2) is 4.98 Å². The number of unbranched alkanes of at least 4 members (excludes halogenated alkanes) is 1. The minimum absolute atomic E-state index is 0.545. The Bertz CT molecular complexity index is 640. The van der Waals surface area contributed by atoms with Crippen molar-refractivity contribution in [1.29, 1.82) is 0 Å². The smallest absolute Gasteiger partial charge is 0.149 e. The summed E-state index contributed by atoms with van der Waals surface area (Å²) in [6.45, 7) is 2.10. The van der Waals surface area contributed by atoms with E-state index in [4.69, 9.17) is 23.2 Å². The third-order valence-electron chi connectivity index (χ3n) is 2.56. The fourth-order valence-electron chi connectivity index (χ4n) is 1.56. The Kier molecular flexibility index (Phi) is 5.29. The minimum Gasteiger partial charge on any atom is -0.339 e. The molecule has 1 aromatic heterocycles. The van der Waals surface area contributed by atoms with Crippen LogP contribution in [0, 0.1) is 11.8 Å². The van der Waals surface area contributed by atoms with Crippen molar-refractivity contribution in [2.75, 3.05) is 5.32 Å². The number of anilines is 2. The van der Waals surface area contributed by atoms with Gasteiger partial charge in [-0.2, -0.15) is 0 Å². The number of hydrogen-bond acceptors (Lipinski definition) is 2. The summed E-state index contributed by atoms with van der Waals surface area (Å²) in [6, 6.07) is 9.17. The maximum Gasteiger partial charge on any atom is 0.149 e. The topological polar surface area (TPSA) is 24.9 Å². The fraction of sp³-hybridized carbons (Fsp3) is 0.188. The monoisotopic (exact) mass is 304 g/mol. The van der Waals surface area contributed by atoms with Gasteiger partial charge < -0.3 is 5.32 Å². The summed E-state index contributed by atoms with van der Waals surface area (Å²) in [5.41, 5.74) is 1.71. The first-order valence-corrected chi connectivity index (χ1v) is 7.11. The highest BCUT2D eigenvalue weighted by Crippen LogP contribution is 2.24. The zero-order valence-electron chi connectivity index (χ0n) is 11.1. The SMILES string of the molecule is CCCC#Cc1cnc(Nc2ccc(Cl)cc2)c(Cl)c1. The van der Waals surface area contributed by atoms with Crippen molar-refractivity contribution in [2.24, 2.45) is 0 Å². The molecule has 0 saturated carbocycles. The molecule has 0 unspecified atom stereocenters. The summed E-state index contributed by atoms with van der Waals surface area (Å²) in [5, 5.41) is 4.38. The summed E-state index contributed by atoms with van der Waals surface area (Å²) in [5.74, 6) is 6.72. The lowest BCUT2D eigenvalue weighted by Gasteiger charge is -2.07. The van der Waals surface area contributed by atoms with Crippen LogP contribution < -0.4 is 5.32 Å². The van der Waals surface area contributed by atoms with Gasteiger partial charge in [0.2, 0.25) is 0 Å². The molecule has 0 aliphatic heterocycles. The van der Waals surface area contributed by atoms with E-state index in [1.807, 2.05) is 30.3 Å². The number of pyridine rings is 1. The first-order chi connectivity index (χ1) is 9.69. The van der Waals surface area contributed by atoms with Gasteiger partial charge >= 0.3 is 0 Å². The van der Waals surface area contributed by atoms with Gasteiger partial charge in [0, 0.05) is 28.9 Å². The molecule has 4 heteroatoms. The van der Waals surface area contributed by atoms with Crippen molar-refractivity contribution in [3.8, 4) is 11.8 Å². The van der Waals surface area contributed by atoms with Crippen molar-refractivity contribution in [2.45, 2.75) is 19.8 Å². The highest BCUT2D eigenvalue weighted by atomic mass is 35.5. The van der Waals surface area contributed by atoms with E-state index in [2.05, 4.69) is 29.1 Å². The van der Waals surface area contributed by atoms with Gasteiger partial charge in [-0.05, 0) is 36.8 Å². The molecule has 0 radical (unpaired) electrons. The number of aromatic nitrogens is 1. The predicted molar refractivity (Wildman–Crippen MR) is 85.8 cm³/mol. The van der Waals surface area contributed by atoms with Crippen LogP contribution in [0.4, 0.5) is 11.5 Å². The van der Waals surface area contributed by atoms with Crippen molar-refractivity contribution >= 4 is 34.7 Å². The van der Waals surface area contributed by atoms with Gasteiger partial charge in [-0.3, -0.25) is 0 Å². The van der Waals surface area contributed by atoms with E-state index in [9.17, 15) is 0 Å². The zero-order valence-corrected chi connectivity index (χ0v) is 12.6. The van der Waals surface area contributed by atoms with Crippen LogP contribution in [-0.2, 0) is 0 Å². The molecule has 102 valence electrons. The molecular formula is C16H14Cl2N2. The minimum atomic E-state index is 0.545. The van der Waals surface area contributed by atoms with Crippen LogP contribution in [0.25, 0.3) is 0 Å². The van der Waals surface area contributed by atoms with Crippen molar-refractivity contribution in [3.63, 3.8) is 0 Å². The quantitative estimate of drug-likeness (QED) is 0.780. The Hall–Kier alpha value is -1.69. The molecule has 0 amide bonds. The molecular weight excluding hydrogens is 291 g/mol. The predicted octanol–water partition coefficient (Wildman–Crippen LogP) is 5.28. The molecule has 0 saturated heterocycles. The molecule has 0 aliphatic rings. The standard InChI is InChI=1S/C16H14Cl2N2/c1-2-3-4-5-12-10-15(18)16(19-11-12)20-14-8-6-13(17)7-9-14/h6-11H,2-3H2,1H3,(H,19,20). The summed E-state index contributed by atoms with van der Waals surface area (Å²) < 4.78 is 0. The summed E-state index contributed by atoms with van der Waals surface area (Å²) in [6.07, 6.45) is 3.64. The van der Waals surface area contributed by atoms with E-state index in [1.54, 1.807) is 6.20 Å². The van der Waals surface area contributed by atoms with E-state index >= 15 is 0 Å². The Morgan fingerprint density at radius 1 is 1.20 bits per heavy atom. The molecule has 2 nitrogen and oxygen atoms in total. The molecule has 2 aromatic rings. The maximum atomic E-state index is 6.20. The van der Waals surface area contributed by atoms with Gasteiger partial charge in [-0.15, -0.1) is 0 Å². The summed E-state index contributed by atoms with van der Waals surface area (Å²) in [7, 11) is 0. The normalized spacial score (nSPS) is 9.75. The molecule has 1 aromatic carbocycles. The largest absolute Gasteiger partial charge is 0.339 e. The van der Waals surface area contributed by atoms with Crippen molar-refractivity contribution in [3.05, 3.63) is 52.1 Å². The van der Waals surface area contributed by atoms with Gasteiger partial charge in [-0.1, -0.05) is 42.0 Å². The molecule has 0 bridgehead atoms. The zero-order chi connectivity index (χ0) is 14.4. The average Bonchev–Trinajstić information content (AvgIpc) is 2.44. The molecule has 1 heterocycles. The second-order valence-electron chi connectivity index (χ2n) is 4.24. The van der Waals surface area contributed by atoms with E-state index in [0.717, 1.165) is 24.1 Å². The average molecular weight is 305 g/mol. The van der Waals surface area contributed by atoms with Gasteiger partial charge in [0.25, 0.3) is 0 Å². The lowest BCUT2D eigenvalue weighted by atomic mass is 10.2. The van der Waals surface area contributed by atoms with E-state index in [0.29, 0.717) is 15.9 Å². The number of halogens is 2. The molecule has 0 fully saturated rings. The highest BCUT2D eigenvalue weighted by Gasteiger charge is 2.03. The van der Waals surface area contributed by atoms with Crippen molar-refractivity contribution in [1.82, 2.24) is 4.98 Å². The van der Waals surface area contributed by atoms with Crippen LogP contribution >= 0.6 is 23.2 Å². The van der Waals surface area contributed by atoms with Crippen LogP contribution in [0.5, 0.6) is 0 Å². The number of nitrogens with zero attached hydrogens (tertiary/aromatic N) is 1. The first kappa shape index (κ1) is 14.7. The Morgan fingerprint density at radius 3 is 2.60 bits per heavy atom. The first-order valence-electron chi connectivity index (χ1n) is 6.36. The van der Waals surface area contributed by atoms with E-state index in [1.165, 1.54) is 0 Å². The highest BCUT2D eigenvalue weighted by molar-refractivity contribution is 6.33. The number of hydrogen-bond donors (Lipinski definition) is 1. The second-order valence-corrected chi connectivity index (χ2v) is 5.08. The fourth-order valence-corrected chi connectivity index (χ4v) is 1.90. The molecule has 0 spiro atoms. The number of rotatable bonds is 3. The third-order valence-corrected chi connectivity index (χ3v) is 3.10. The van der Waals surface area contributed by atoms with E-state index in [-0.39, 0.29) is 0 Å². The molecule has 1 N–H and O–H groups in total. The third kappa shape index (κ3) is 4.16. The lowest BCUT2D eigenvalue weighted by molar-refractivity contribution is 0.983. The number of nitrogens with one attached hydrogen (secondary N) is 1. The van der Waals surface area contributed by atoms with Crippen LogP contribution in [0.2, 0.25) is 10.0 Å².